The number of ether oxygens (including phenoxy) is 1. The van der Waals surface area contributed by atoms with E-state index in [9.17, 15) is 4.79 Å². The molecule has 1 aromatic heterocycles. The topological polar surface area (TPSA) is 56.1 Å². The van der Waals surface area contributed by atoms with Gasteiger partial charge in [-0.2, -0.15) is 5.10 Å². The third kappa shape index (κ3) is 3.81. The van der Waals surface area contributed by atoms with E-state index in [1.807, 2.05) is 60.8 Å². The van der Waals surface area contributed by atoms with Crippen LogP contribution in [-0.2, 0) is 17.8 Å². The number of nitrogens with zero attached hydrogens (tertiary/aromatic N) is 2. The van der Waals surface area contributed by atoms with Crippen molar-refractivity contribution in [3.63, 3.8) is 0 Å². The predicted molar refractivity (Wildman–Crippen MR) is 92.1 cm³/mol. The number of nitrogens with one attached hydrogen (secondary N) is 1. The first kappa shape index (κ1) is 15.8. The molecule has 24 heavy (non-hydrogen) atoms. The normalized spacial score (nSPS) is 10.4. The molecule has 0 saturated heterocycles. The Kier molecular flexibility index (Phi) is 4.91. The first-order chi connectivity index (χ1) is 11.8. The summed E-state index contributed by atoms with van der Waals surface area (Å²) in [6.07, 6.45) is 3.96. The van der Waals surface area contributed by atoms with Gasteiger partial charge in [-0.3, -0.25) is 4.79 Å². The van der Waals surface area contributed by atoms with Crippen molar-refractivity contribution in [3.8, 4) is 11.4 Å². The number of hydrogen-bond acceptors (Lipinski definition) is 3. The van der Waals surface area contributed by atoms with Gasteiger partial charge in [-0.25, -0.2) is 4.68 Å². The number of benzene rings is 2. The Bertz CT molecular complexity index is 812. The average Bonchev–Trinajstić information content (AvgIpc) is 3.10. The number of hydrogen-bond donors (Lipinski definition) is 1. The molecule has 1 heterocycles. The Balaban J connectivity index is 1.58. The molecule has 122 valence electrons. The second-order valence-corrected chi connectivity index (χ2v) is 5.39. The fourth-order valence-corrected chi connectivity index (χ4v) is 2.46. The third-order valence-electron chi connectivity index (χ3n) is 3.69. The molecule has 0 saturated carbocycles. The van der Waals surface area contributed by atoms with E-state index < -0.39 is 0 Å². The highest BCUT2D eigenvalue weighted by Gasteiger charge is 2.08. The lowest BCUT2D eigenvalue weighted by molar-refractivity contribution is -0.120. The summed E-state index contributed by atoms with van der Waals surface area (Å²) < 4.78 is 7.06. The quantitative estimate of drug-likeness (QED) is 0.759. The van der Waals surface area contributed by atoms with Gasteiger partial charge in [-0.15, -0.1) is 0 Å². The van der Waals surface area contributed by atoms with Crippen LogP contribution in [0.1, 0.15) is 11.1 Å². The van der Waals surface area contributed by atoms with Crippen molar-refractivity contribution >= 4 is 5.91 Å². The van der Waals surface area contributed by atoms with E-state index in [0.717, 1.165) is 22.6 Å². The molecular weight excluding hydrogens is 302 g/mol. The maximum Gasteiger partial charge on any atom is 0.224 e. The maximum absolute atomic E-state index is 12.1. The molecule has 0 aliphatic rings. The van der Waals surface area contributed by atoms with Crippen LogP contribution in [-0.4, -0.2) is 22.8 Å². The van der Waals surface area contributed by atoms with Crippen molar-refractivity contribution in [1.82, 2.24) is 15.1 Å². The largest absolute Gasteiger partial charge is 0.496 e. The van der Waals surface area contributed by atoms with Gasteiger partial charge in [0.25, 0.3) is 0 Å². The Morgan fingerprint density at radius 1 is 1.12 bits per heavy atom. The molecule has 0 aliphatic heterocycles. The lowest BCUT2D eigenvalue weighted by atomic mass is 10.1. The molecular formula is C19H19N3O2. The van der Waals surface area contributed by atoms with E-state index >= 15 is 0 Å². The molecule has 3 aromatic rings. The van der Waals surface area contributed by atoms with Gasteiger partial charge in [0.1, 0.15) is 5.75 Å². The van der Waals surface area contributed by atoms with Gasteiger partial charge in [-0.05, 0) is 18.2 Å². The first-order valence-corrected chi connectivity index (χ1v) is 7.74. The number of para-hydroxylation sites is 2. The van der Waals surface area contributed by atoms with Crippen LogP contribution in [0.4, 0.5) is 0 Å². The molecule has 2 aromatic carbocycles. The van der Waals surface area contributed by atoms with Crippen LogP contribution in [0.3, 0.4) is 0 Å². The van der Waals surface area contributed by atoms with E-state index in [2.05, 4.69) is 10.4 Å². The van der Waals surface area contributed by atoms with Gasteiger partial charge in [0.05, 0.1) is 25.4 Å². The minimum absolute atomic E-state index is 0.0491. The van der Waals surface area contributed by atoms with Crippen LogP contribution < -0.4 is 10.1 Å². The smallest absolute Gasteiger partial charge is 0.224 e. The summed E-state index contributed by atoms with van der Waals surface area (Å²) in [5, 5.41) is 7.24. The molecule has 1 N–H and O–H groups in total. The fourth-order valence-electron chi connectivity index (χ4n) is 2.46. The Hall–Kier alpha value is -3.08. The van der Waals surface area contributed by atoms with Gasteiger partial charge in [-0.1, -0.05) is 36.4 Å². The summed E-state index contributed by atoms with van der Waals surface area (Å²) in [7, 11) is 1.61. The number of rotatable bonds is 6. The lowest BCUT2D eigenvalue weighted by Crippen LogP contribution is -2.24. The first-order valence-electron chi connectivity index (χ1n) is 7.74. The van der Waals surface area contributed by atoms with Crippen molar-refractivity contribution < 1.29 is 9.53 Å². The standard InChI is InChI=1S/C19H19N3O2/c1-24-18-10-6-5-7-16(18)11-19(23)20-12-15-13-21-22(14-15)17-8-3-2-4-9-17/h2-10,13-14H,11-12H2,1H3,(H,20,23). The van der Waals surface area contributed by atoms with Crippen LogP contribution in [0.5, 0.6) is 5.75 Å². The fraction of sp³-hybridized carbons (Fsp3) is 0.158. The minimum atomic E-state index is -0.0491. The number of methoxy groups -OCH3 is 1. The highest BCUT2D eigenvalue weighted by atomic mass is 16.5. The summed E-state index contributed by atoms with van der Waals surface area (Å²) in [4.78, 5) is 12.1. The van der Waals surface area contributed by atoms with Gasteiger partial charge >= 0.3 is 0 Å². The zero-order valence-electron chi connectivity index (χ0n) is 13.5. The van der Waals surface area contributed by atoms with Gasteiger partial charge in [0.2, 0.25) is 5.91 Å². The Morgan fingerprint density at radius 2 is 1.88 bits per heavy atom. The second kappa shape index (κ2) is 7.46. The van der Waals surface area contributed by atoms with Crippen molar-refractivity contribution in [3.05, 3.63) is 78.1 Å². The average molecular weight is 321 g/mol. The molecule has 0 radical (unpaired) electrons. The van der Waals surface area contributed by atoms with Crippen LogP contribution >= 0.6 is 0 Å². The van der Waals surface area contributed by atoms with Crippen LogP contribution in [0.25, 0.3) is 5.69 Å². The van der Waals surface area contributed by atoms with Gasteiger partial charge in [0, 0.05) is 23.9 Å². The van der Waals surface area contributed by atoms with E-state index in [1.165, 1.54) is 0 Å². The lowest BCUT2D eigenvalue weighted by Gasteiger charge is -2.08. The number of carbonyl (C=O) groups excluding carboxylic acids is 1. The molecule has 0 aliphatic carbocycles. The van der Waals surface area contributed by atoms with Crippen molar-refractivity contribution in [2.24, 2.45) is 0 Å². The molecule has 0 unspecified atom stereocenters. The van der Waals surface area contributed by atoms with E-state index in [1.54, 1.807) is 18.0 Å². The Labute approximate surface area is 140 Å². The monoisotopic (exact) mass is 321 g/mol. The molecule has 3 rings (SSSR count). The Morgan fingerprint density at radius 3 is 2.67 bits per heavy atom. The van der Waals surface area contributed by atoms with Crippen molar-refractivity contribution in [2.75, 3.05) is 7.11 Å². The number of aromatic nitrogens is 2. The molecule has 0 bridgehead atoms. The summed E-state index contributed by atoms with van der Waals surface area (Å²) in [6, 6.07) is 17.4. The predicted octanol–water partition coefficient (Wildman–Crippen LogP) is 2.74. The van der Waals surface area contributed by atoms with E-state index in [0.29, 0.717) is 6.54 Å². The van der Waals surface area contributed by atoms with Crippen LogP contribution in [0.15, 0.2) is 67.0 Å². The zero-order chi connectivity index (χ0) is 16.8. The van der Waals surface area contributed by atoms with Gasteiger partial charge in [0.15, 0.2) is 0 Å². The van der Waals surface area contributed by atoms with Crippen LogP contribution in [0.2, 0.25) is 0 Å². The van der Waals surface area contributed by atoms with E-state index in [4.69, 9.17) is 4.74 Å². The van der Waals surface area contributed by atoms with Crippen molar-refractivity contribution in [2.45, 2.75) is 13.0 Å². The molecule has 0 fully saturated rings. The highest BCUT2D eigenvalue weighted by molar-refractivity contribution is 5.79. The molecule has 0 spiro atoms. The maximum atomic E-state index is 12.1. The summed E-state index contributed by atoms with van der Waals surface area (Å²) >= 11 is 0. The SMILES string of the molecule is COc1ccccc1CC(=O)NCc1cnn(-c2ccccc2)c1. The molecule has 5 heteroatoms. The molecule has 5 nitrogen and oxygen atoms in total. The van der Waals surface area contributed by atoms with Crippen LogP contribution in [0, 0.1) is 0 Å². The zero-order valence-corrected chi connectivity index (χ0v) is 13.5. The second-order valence-electron chi connectivity index (χ2n) is 5.39. The minimum Gasteiger partial charge on any atom is -0.496 e. The molecule has 0 atom stereocenters. The van der Waals surface area contributed by atoms with Gasteiger partial charge < -0.3 is 10.1 Å². The summed E-state index contributed by atoms with van der Waals surface area (Å²) in [5.74, 6) is 0.677. The molecule has 1 amide bonds. The summed E-state index contributed by atoms with van der Waals surface area (Å²) in [5.41, 5.74) is 2.81. The van der Waals surface area contributed by atoms with Crippen molar-refractivity contribution in [1.29, 1.82) is 0 Å². The number of carbonyl (C=O) groups is 1. The third-order valence-corrected chi connectivity index (χ3v) is 3.69. The summed E-state index contributed by atoms with van der Waals surface area (Å²) in [6.45, 7) is 0.445. The number of amides is 1. The van der Waals surface area contributed by atoms with E-state index in [-0.39, 0.29) is 12.3 Å². The highest BCUT2D eigenvalue weighted by Crippen LogP contribution is 2.17.